The number of aromatic amines is 1. The van der Waals surface area contributed by atoms with E-state index in [4.69, 9.17) is 9.84 Å². The van der Waals surface area contributed by atoms with Gasteiger partial charge in [-0.05, 0) is 12.1 Å². The summed E-state index contributed by atoms with van der Waals surface area (Å²) in [5.74, 6) is 4.54. The first-order chi connectivity index (χ1) is 11.6. The Bertz CT molecular complexity index is 988. The second-order valence-corrected chi connectivity index (χ2v) is 4.67. The minimum atomic E-state index is -0.854. The molecule has 2 aromatic heterocycles. The molecule has 1 aromatic carbocycles. The van der Waals surface area contributed by atoms with Gasteiger partial charge >= 0.3 is 0 Å². The van der Waals surface area contributed by atoms with Crippen LogP contribution in [0.2, 0.25) is 0 Å². The number of hydrogen-bond donors (Lipinski definition) is 2. The first-order valence-corrected chi connectivity index (χ1v) is 6.77. The van der Waals surface area contributed by atoms with Gasteiger partial charge in [-0.3, -0.25) is 10.1 Å². The van der Waals surface area contributed by atoms with Crippen molar-refractivity contribution in [3.63, 3.8) is 0 Å². The third-order valence-corrected chi connectivity index (χ3v) is 3.18. The molecule has 24 heavy (non-hydrogen) atoms. The summed E-state index contributed by atoms with van der Waals surface area (Å²) in [5.41, 5.74) is 0.650. The number of pyridine rings is 1. The maximum atomic E-state index is 14.0. The van der Waals surface area contributed by atoms with E-state index in [0.717, 1.165) is 12.1 Å². The van der Waals surface area contributed by atoms with Crippen LogP contribution in [-0.2, 0) is 0 Å². The number of aromatic nitrogens is 2. The molecule has 8 heteroatoms. The molecule has 0 unspecified atom stereocenters. The van der Waals surface area contributed by atoms with Crippen molar-refractivity contribution >= 4 is 16.7 Å². The molecule has 2 heterocycles. The molecule has 0 radical (unpaired) electrons. The van der Waals surface area contributed by atoms with Crippen LogP contribution in [0.25, 0.3) is 11.0 Å². The number of ether oxygens (including phenoxy) is 1. The second kappa shape index (κ2) is 6.36. The lowest BCUT2D eigenvalue weighted by molar-refractivity contribution is -0.385. The number of halogens is 1. The predicted octanol–water partition coefficient (Wildman–Crippen LogP) is 2.75. The van der Waals surface area contributed by atoms with Gasteiger partial charge in [-0.1, -0.05) is 11.8 Å². The molecule has 0 amide bonds. The van der Waals surface area contributed by atoms with Gasteiger partial charge in [0.25, 0.3) is 5.69 Å². The van der Waals surface area contributed by atoms with Crippen LogP contribution in [0.5, 0.6) is 11.5 Å². The Balaban J connectivity index is 2.04. The fourth-order valence-electron chi connectivity index (χ4n) is 2.15. The predicted molar refractivity (Wildman–Crippen MR) is 83.2 cm³/mol. The topological polar surface area (TPSA) is 101 Å². The van der Waals surface area contributed by atoms with Gasteiger partial charge in [-0.2, -0.15) is 0 Å². The van der Waals surface area contributed by atoms with Gasteiger partial charge in [0.1, 0.15) is 18.0 Å². The molecule has 0 atom stereocenters. The number of rotatable bonds is 3. The fourth-order valence-corrected chi connectivity index (χ4v) is 2.15. The zero-order valence-corrected chi connectivity index (χ0v) is 12.1. The van der Waals surface area contributed by atoms with Crippen LogP contribution < -0.4 is 4.74 Å². The van der Waals surface area contributed by atoms with Crippen LogP contribution in [0.4, 0.5) is 10.1 Å². The van der Waals surface area contributed by atoms with E-state index in [2.05, 4.69) is 21.8 Å². The van der Waals surface area contributed by atoms with Crippen LogP contribution in [-0.4, -0.2) is 26.6 Å². The summed E-state index contributed by atoms with van der Waals surface area (Å²) in [6, 6.07) is 4.66. The summed E-state index contributed by atoms with van der Waals surface area (Å²) < 4.78 is 19.6. The lowest BCUT2D eigenvalue weighted by Crippen LogP contribution is -1.93. The lowest BCUT2D eigenvalue weighted by atomic mass is 10.2. The number of hydrogen-bond acceptors (Lipinski definition) is 5. The number of aliphatic hydroxyl groups is 1. The number of fused-ring (bicyclic) bond motifs is 1. The summed E-state index contributed by atoms with van der Waals surface area (Å²) >= 11 is 0. The Morgan fingerprint density at radius 3 is 2.92 bits per heavy atom. The number of aliphatic hydroxyl groups excluding tert-OH is 1. The number of nitrogens with one attached hydrogen (secondary N) is 1. The average Bonchev–Trinajstić information content (AvgIpc) is 2.98. The molecule has 0 fully saturated rings. The quantitative estimate of drug-likeness (QED) is 0.437. The van der Waals surface area contributed by atoms with Crippen LogP contribution in [0.1, 0.15) is 5.56 Å². The third kappa shape index (κ3) is 2.88. The molecule has 3 rings (SSSR count). The highest BCUT2D eigenvalue weighted by molar-refractivity contribution is 5.89. The van der Waals surface area contributed by atoms with Gasteiger partial charge in [-0.15, -0.1) is 0 Å². The van der Waals surface area contributed by atoms with Crippen LogP contribution in [0.15, 0.2) is 36.7 Å². The summed E-state index contributed by atoms with van der Waals surface area (Å²) in [7, 11) is 0. The molecule has 0 bridgehead atoms. The van der Waals surface area contributed by atoms with E-state index in [1.165, 1.54) is 18.3 Å². The minimum absolute atomic E-state index is 0.157. The van der Waals surface area contributed by atoms with Crippen molar-refractivity contribution in [1.29, 1.82) is 0 Å². The third-order valence-electron chi connectivity index (χ3n) is 3.18. The largest absolute Gasteiger partial charge is 0.453 e. The smallest absolute Gasteiger partial charge is 0.272 e. The van der Waals surface area contributed by atoms with Crippen molar-refractivity contribution in [2.75, 3.05) is 6.61 Å². The first-order valence-electron chi connectivity index (χ1n) is 6.77. The molecule has 3 aromatic rings. The molecule has 0 spiro atoms. The summed E-state index contributed by atoms with van der Waals surface area (Å²) in [6.07, 6.45) is 3.07. The van der Waals surface area contributed by atoms with Crippen LogP contribution in [0, 0.1) is 27.8 Å². The SMILES string of the molecule is O=[N+]([O-])c1ccc(Oc2ccnc3[nH]cc(C#CCO)c23)c(F)c1. The average molecular weight is 327 g/mol. The number of benzene rings is 1. The fraction of sp³-hybridized carbons (Fsp3) is 0.0625. The highest BCUT2D eigenvalue weighted by atomic mass is 19.1. The molecule has 0 aliphatic carbocycles. The number of H-pyrrole nitrogens is 1. The van der Waals surface area contributed by atoms with Crippen molar-refractivity contribution in [2.24, 2.45) is 0 Å². The van der Waals surface area contributed by atoms with E-state index < -0.39 is 10.7 Å². The molecular formula is C16H10FN3O4. The molecule has 0 saturated heterocycles. The Morgan fingerprint density at radius 1 is 1.38 bits per heavy atom. The van der Waals surface area contributed by atoms with E-state index in [0.29, 0.717) is 16.6 Å². The Hall–Kier alpha value is -3.44. The van der Waals surface area contributed by atoms with E-state index in [9.17, 15) is 14.5 Å². The highest BCUT2D eigenvalue weighted by Gasteiger charge is 2.15. The molecule has 7 nitrogen and oxygen atoms in total. The Kier molecular flexibility index (Phi) is 4.09. The van der Waals surface area contributed by atoms with Gasteiger partial charge in [0.2, 0.25) is 0 Å². The molecule has 0 aliphatic rings. The van der Waals surface area contributed by atoms with Crippen molar-refractivity contribution in [1.82, 2.24) is 9.97 Å². The van der Waals surface area contributed by atoms with E-state index in [-0.39, 0.29) is 23.8 Å². The number of nitrogens with zero attached hydrogens (tertiary/aromatic N) is 2. The van der Waals surface area contributed by atoms with Gasteiger partial charge in [0.15, 0.2) is 11.6 Å². The number of nitro benzene ring substituents is 1. The van der Waals surface area contributed by atoms with Crippen molar-refractivity contribution in [3.05, 3.63) is 58.2 Å². The monoisotopic (exact) mass is 327 g/mol. The van der Waals surface area contributed by atoms with Crippen LogP contribution in [0.3, 0.4) is 0 Å². The minimum Gasteiger partial charge on any atom is -0.453 e. The molecule has 2 N–H and O–H groups in total. The summed E-state index contributed by atoms with van der Waals surface area (Å²) in [6.45, 7) is -0.305. The van der Waals surface area contributed by atoms with Crippen LogP contribution >= 0.6 is 0 Å². The van der Waals surface area contributed by atoms with Gasteiger partial charge in [0.05, 0.1) is 21.9 Å². The normalized spacial score (nSPS) is 10.2. The zero-order chi connectivity index (χ0) is 17.1. The maximum absolute atomic E-state index is 14.0. The summed E-state index contributed by atoms with van der Waals surface area (Å²) in [4.78, 5) is 17.0. The maximum Gasteiger partial charge on any atom is 0.272 e. The Morgan fingerprint density at radius 2 is 2.21 bits per heavy atom. The molecule has 0 aliphatic heterocycles. The first kappa shape index (κ1) is 15.5. The highest BCUT2D eigenvalue weighted by Crippen LogP contribution is 2.33. The number of non-ortho nitro benzene ring substituents is 1. The second-order valence-electron chi connectivity index (χ2n) is 4.67. The van der Waals surface area contributed by atoms with Crippen molar-refractivity contribution in [2.45, 2.75) is 0 Å². The van der Waals surface area contributed by atoms with E-state index in [1.807, 2.05) is 0 Å². The zero-order valence-electron chi connectivity index (χ0n) is 12.1. The molecular weight excluding hydrogens is 317 g/mol. The Labute approximate surface area is 134 Å². The number of nitro groups is 1. The molecule has 120 valence electrons. The van der Waals surface area contributed by atoms with Gasteiger partial charge < -0.3 is 14.8 Å². The van der Waals surface area contributed by atoms with E-state index in [1.54, 1.807) is 6.20 Å². The summed E-state index contributed by atoms with van der Waals surface area (Å²) in [5, 5.41) is 20.0. The standard InChI is InChI=1S/C16H10FN3O4/c17-12-8-11(20(22)23)3-4-13(12)24-14-5-6-18-16-15(14)10(9-19-16)2-1-7-21/h3-6,8-9,21H,7H2,(H,18,19). The van der Waals surface area contributed by atoms with Gasteiger partial charge in [0, 0.05) is 18.5 Å². The van der Waals surface area contributed by atoms with Gasteiger partial charge in [-0.25, -0.2) is 9.37 Å². The van der Waals surface area contributed by atoms with Crippen molar-refractivity contribution in [3.8, 4) is 23.3 Å². The molecule has 0 saturated carbocycles. The van der Waals surface area contributed by atoms with Crippen molar-refractivity contribution < 1.29 is 19.2 Å². The van der Waals surface area contributed by atoms with E-state index >= 15 is 0 Å². The lowest BCUT2D eigenvalue weighted by Gasteiger charge is -2.08.